The Morgan fingerprint density at radius 2 is 0.769 bits per heavy atom. The van der Waals surface area contributed by atoms with Crippen LogP contribution in [0, 0.1) is 0 Å². The fourth-order valence-corrected chi connectivity index (χ4v) is 8.57. The van der Waals surface area contributed by atoms with Gasteiger partial charge in [-0.15, -0.1) is 0 Å². The summed E-state index contributed by atoms with van der Waals surface area (Å²) in [7, 11) is 0. The van der Waals surface area contributed by atoms with Gasteiger partial charge in [0.15, 0.2) is 0 Å². The minimum Gasteiger partial charge on any atom is -0.0616 e. The zero-order valence-electron chi connectivity index (χ0n) is 38.5. The van der Waals surface area contributed by atoms with Crippen molar-refractivity contribution >= 4 is 86.2 Å². The van der Waals surface area contributed by atoms with Crippen LogP contribution in [0.2, 0.25) is 0 Å². The summed E-state index contributed by atoms with van der Waals surface area (Å²) in [5.41, 5.74) is 1.10. The van der Waals surface area contributed by atoms with Crippen LogP contribution < -0.4 is 0 Å². The zero-order chi connectivity index (χ0) is 43.5. The Morgan fingerprint density at radius 1 is 0.269 bits per heavy atom. The van der Waals surface area contributed by atoms with Crippen LogP contribution in [-0.2, 0) is 0 Å². The van der Waals surface area contributed by atoms with Gasteiger partial charge in [-0.05, 0) is 132 Å². The Labute approximate surface area is 315 Å². The lowest BCUT2D eigenvalue weighted by molar-refractivity contribution is 1.65. The number of rotatable bonds is 3. The van der Waals surface area contributed by atoms with Crippen LogP contribution in [0.15, 0.2) is 182 Å². The van der Waals surface area contributed by atoms with E-state index in [1.165, 1.54) is 6.07 Å². The van der Waals surface area contributed by atoms with Gasteiger partial charge < -0.3 is 0 Å². The Morgan fingerprint density at radius 3 is 1.42 bits per heavy atom. The lowest BCUT2D eigenvalue weighted by Gasteiger charge is -2.18. The molecule has 0 bridgehead atoms. The molecule has 12 aromatic carbocycles. The van der Waals surface area contributed by atoms with E-state index in [9.17, 15) is 9.60 Å². The van der Waals surface area contributed by atoms with Crippen molar-refractivity contribution in [1.82, 2.24) is 0 Å². The first-order valence-electron chi connectivity index (χ1n) is 22.8. The monoisotopic (exact) mass is 665 g/mol. The summed E-state index contributed by atoms with van der Waals surface area (Å²) in [6.07, 6.45) is 0. The maximum Gasteiger partial charge on any atom is 0.0636 e. The van der Waals surface area contributed by atoms with Gasteiger partial charge >= 0.3 is 0 Å². The quantitative estimate of drug-likeness (QED) is 0.165. The van der Waals surface area contributed by atoms with E-state index in [-0.39, 0.29) is 61.9 Å². The molecule has 0 aliphatic rings. The first-order chi connectivity index (χ1) is 30.4. The molecule has 0 unspecified atom stereocenters. The maximum absolute atomic E-state index is 10.2. The average Bonchev–Trinajstić information content (AvgIpc) is 3.29. The Hall–Kier alpha value is -6.76. The fraction of sp³-hybridized carbons (Fsp3) is 0. The third kappa shape index (κ3) is 3.81. The summed E-state index contributed by atoms with van der Waals surface area (Å²) in [6.45, 7) is 0. The van der Waals surface area contributed by atoms with Gasteiger partial charge in [0.2, 0.25) is 0 Å². The molecule has 238 valence electrons. The van der Waals surface area contributed by atoms with Crippen LogP contribution in [0.3, 0.4) is 0 Å². The SMILES string of the molecule is [2H]c1cc2c(-c3ccc4ccc5cccc6ccc3c4c56)c([2H])c([2H])c(-c3c([2H])c(-c4ccc5ccc6cccc7ccc4c5c67)c4c([2H])c([2H])c([2H])c([2H])c4c3[2H])c2c([2H])c1[2H]. The van der Waals surface area contributed by atoms with Gasteiger partial charge in [-0.2, -0.15) is 0 Å². The van der Waals surface area contributed by atoms with E-state index in [2.05, 4.69) is 6.07 Å². The normalized spacial score (nSPS) is 15.2. The van der Waals surface area contributed by atoms with E-state index in [0.29, 0.717) is 11.1 Å². The predicted molar refractivity (Wildman–Crippen MR) is 225 cm³/mol. The molecular formula is C52H30. The third-order valence-electron chi connectivity index (χ3n) is 10.9. The van der Waals surface area contributed by atoms with Crippen LogP contribution in [-0.4, -0.2) is 0 Å². The molecule has 0 N–H and O–H groups in total. The molecule has 0 saturated heterocycles. The van der Waals surface area contributed by atoms with Crippen molar-refractivity contribution in [3.05, 3.63) is 182 Å². The van der Waals surface area contributed by atoms with Gasteiger partial charge in [0.05, 0.1) is 15.1 Å². The van der Waals surface area contributed by atoms with E-state index in [1.807, 2.05) is 103 Å². The molecule has 0 radical (unpaired) electrons. The Bertz CT molecular complexity index is 4010. The first-order valence-corrected chi connectivity index (χ1v) is 17.3. The minimum absolute atomic E-state index is 0.00112. The summed E-state index contributed by atoms with van der Waals surface area (Å²) >= 11 is 0. The van der Waals surface area contributed by atoms with E-state index in [4.69, 9.17) is 5.48 Å². The molecule has 0 fully saturated rings. The number of benzene rings is 12. The summed E-state index contributed by atoms with van der Waals surface area (Å²) in [6, 6.07) is 32.6. The highest BCUT2D eigenvalue weighted by Gasteiger charge is 2.18. The summed E-state index contributed by atoms with van der Waals surface area (Å²) in [5, 5.41) is 11.5. The Kier molecular flexibility index (Phi) is 3.91. The van der Waals surface area contributed by atoms with Crippen LogP contribution in [0.5, 0.6) is 0 Å². The molecule has 12 aromatic rings. The van der Waals surface area contributed by atoms with E-state index < -0.39 is 48.3 Å². The molecule has 0 saturated carbocycles. The van der Waals surface area contributed by atoms with Crippen molar-refractivity contribution in [3.63, 3.8) is 0 Å². The van der Waals surface area contributed by atoms with Gasteiger partial charge in [0, 0.05) is 0 Å². The standard InChI is InChI=1S/C52H30/c1-2-12-39-37(7-1)29-38(30-48(39)45-24-20-36-18-16-32-9-6-11-34-22-26-47(45)52(36)50(32)34)40-27-28-43(42-14-4-3-13-41(40)42)44-23-19-35-17-15-31-8-5-10-33-21-25-46(44)51(35)49(31)33/h1-30H/i1D,2D,3D,4D,7D,12D,13D,27D,28D,29D,30D. The minimum atomic E-state index is -0.569. The van der Waals surface area contributed by atoms with Crippen molar-refractivity contribution in [2.45, 2.75) is 0 Å². The number of hydrogen-bond donors (Lipinski definition) is 0. The van der Waals surface area contributed by atoms with Gasteiger partial charge in [0.25, 0.3) is 0 Å². The van der Waals surface area contributed by atoms with Crippen molar-refractivity contribution < 1.29 is 15.1 Å². The summed E-state index contributed by atoms with van der Waals surface area (Å²) in [5.74, 6) is 0. The highest BCUT2D eigenvalue weighted by atomic mass is 14.2. The summed E-state index contributed by atoms with van der Waals surface area (Å²) < 4.78 is 103. The van der Waals surface area contributed by atoms with Crippen LogP contribution >= 0.6 is 0 Å². The molecule has 12 rings (SSSR count). The average molecular weight is 666 g/mol. The van der Waals surface area contributed by atoms with Gasteiger partial charge in [-0.3, -0.25) is 0 Å². The lowest BCUT2D eigenvalue weighted by atomic mass is 9.85. The largest absolute Gasteiger partial charge is 0.0636 e. The topological polar surface area (TPSA) is 0 Å². The highest BCUT2D eigenvalue weighted by Crippen LogP contribution is 2.46. The predicted octanol–water partition coefficient (Wildman–Crippen LogP) is 14.8. The van der Waals surface area contributed by atoms with Crippen molar-refractivity contribution in [2.75, 3.05) is 0 Å². The molecule has 0 aliphatic carbocycles. The molecule has 0 spiro atoms. The van der Waals surface area contributed by atoms with Gasteiger partial charge in [0.1, 0.15) is 0 Å². The molecule has 52 heavy (non-hydrogen) atoms. The first kappa shape index (κ1) is 19.6. The second-order valence-corrected chi connectivity index (χ2v) is 13.5. The molecule has 0 nitrogen and oxygen atoms in total. The van der Waals surface area contributed by atoms with Crippen molar-refractivity contribution in [1.29, 1.82) is 0 Å². The number of hydrogen-bond acceptors (Lipinski definition) is 0. The molecule has 0 aliphatic heterocycles. The molecular weight excluding hydrogens is 625 g/mol. The molecule has 0 aromatic heterocycles. The molecule has 0 atom stereocenters. The fourth-order valence-electron chi connectivity index (χ4n) is 8.57. The summed E-state index contributed by atoms with van der Waals surface area (Å²) in [4.78, 5) is 0. The molecule has 0 heteroatoms. The molecule has 0 amide bonds. The third-order valence-corrected chi connectivity index (χ3v) is 10.9. The Balaban J connectivity index is 1.26. The van der Waals surface area contributed by atoms with E-state index in [1.54, 1.807) is 0 Å². The smallest absolute Gasteiger partial charge is 0.0616 e. The second-order valence-electron chi connectivity index (χ2n) is 13.5. The van der Waals surface area contributed by atoms with Crippen LogP contribution in [0.25, 0.3) is 120 Å². The molecule has 0 heterocycles. The van der Waals surface area contributed by atoms with Crippen molar-refractivity contribution in [3.8, 4) is 33.4 Å². The van der Waals surface area contributed by atoms with Gasteiger partial charge in [-0.1, -0.05) is 170 Å². The van der Waals surface area contributed by atoms with Crippen LogP contribution in [0.1, 0.15) is 15.1 Å². The van der Waals surface area contributed by atoms with E-state index in [0.717, 1.165) is 64.6 Å². The highest BCUT2D eigenvalue weighted by molar-refractivity contribution is 6.28. The van der Waals surface area contributed by atoms with Crippen LogP contribution in [0.4, 0.5) is 0 Å². The maximum atomic E-state index is 10.2. The van der Waals surface area contributed by atoms with Gasteiger partial charge in [-0.25, -0.2) is 0 Å². The van der Waals surface area contributed by atoms with Crippen molar-refractivity contribution in [2.24, 2.45) is 0 Å². The van der Waals surface area contributed by atoms with E-state index >= 15 is 0 Å². The number of fused-ring (bicyclic) bond motifs is 2. The zero-order valence-corrected chi connectivity index (χ0v) is 27.5. The lowest BCUT2D eigenvalue weighted by Crippen LogP contribution is -1.91. The second kappa shape index (κ2) is 10.4.